The first-order valence-corrected chi connectivity index (χ1v) is 39.4. The quantitative estimate of drug-likeness (QED) is 0.264. The Kier molecular flexibility index (Phi) is 26.1. The van der Waals surface area contributed by atoms with Gasteiger partial charge < -0.3 is 28.4 Å². The lowest BCUT2D eigenvalue weighted by Gasteiger charge is -2.38. The fourth-order valence-electron chi connectivity index (χ4n) is 21.6. The van der Waals surface area contributed by atoms with Crippen molar-refractivity contribution in [3.05, 3.63) is 0 Å². The van der Waals surface area contributed by atoms with E-state index >= 15 is 0 Å². The SMILES string of the molecule is CC(C)C1CCC2(CC1)COC(C)(C)C2.CC(C)C1CCC2(CC1)COC(C)(C)C2.CC(C)C1CCC2(CC1)COC(C)(C)C2.CC(C)C1CCC2(CC1)COC(C)(C)C2.CC(C)C1CCC2(CC1)COC(C)(C)C2.CC(C)C1CCC2(CC1)COC(C)(C)C2. The normalized spacial score (nSPS) is 40.2. The molecule has 90 heavy (non-hydrogen) atoms. The van der Waals surface area contributed by atoms with E-state index in [2.05, 4.69) is 166 Å². The second kappa shape index (κ2) is 30.5. The molecule has 0 unspecified atom stereocenters. The van der Waals surface area contributed by atoms with Crippen LogP contribution in [0, 0.1) is 104 Å². The van der Waals surface area contributed by atoms with Gasteiger partial charge in [0.1, 0.15) is 0 Å². The Hall–Kier alpha value is -0.240. The van der Waals surface area contributed by atoms with Gasteiger partial charge in [0.05, 0.1) is 73.2 Å². The molecule has 0 N–H and O–H groups in total. The fourth-order valence-corrected chi connectivity index (χ4v) is 21.6. The minimum atomic E-state index is 0.144. The van der Waals surface area contributed by atoms with E-state index in [9.17, 15) is 0 Å². The van der Waals surface area contributed by atoms with E-state index in [1.165, 1.54) is 193 Å². The molecule has 6 aliphatic carbocycles. The van der Waals surface area contributed by atoms with Gasteiger partial charge in [0, 0.05) is 0 Å². The molecule has 6 spiro atoms. The van der Waals surface area contributed by atoms with E-state index in [1.807, 2.05) is 0 Å². The van der Waals surface area contributed by atoms with Crippen molar-refractivity contribution in [2.24, 2.45) is 104 Å². The van der Waals surface area contributed by atoms with Crippen molar-refractivity contribution >= 4 is 0 Å². The highest BCUT2D eigenvalue weighted by atomic mass is 16.5. The van der Waals surface area contributed by atoms with Crippen LogP contribution in [-0.4, -0.2) is 73.2 Å². The van der Waals surface area contributed by atoms with E-state index in [4.69, 9.17) is 28.4 Å². The Morgan fingerprint density at radius 2 is 0.289 bits per heavy atom. The van der Waals surface area contributed by atoms with E-state index < -0.39 is 0 Å². The van der Waals surface area contributed by atoms with Gasteiger partial charge in [-0.05, 0) is 379 Å². The molecule has 0 atom stereocenters. The first-order valence-electron chi connectivity index (χ1n) is 39.4. The van der Waals surface area contributed by atoms with Gasteiger partial charge in [-0.1, -0.05) is 83.1 Å². The number of ether oxygens (including phenoxy) is 6. The second-order valence-electron chi connectivity index (χ2n) is 40.8. The van der Waals surface area contributed by atoms with Crippen molar-refractivity contribution in [1.82, 2.24) is 0 Å². The third kappa shape index (κ3) is 21.9. The number of hydrogen-bond donors (Lipinski definition) is 0. The predicted octanol–water partition coefficient (Wildman–Crippen LogP) is 24.1. The first kappa shape index (κ1) is 77.1. The molecule has 6 aliphatic heterocycles. The molecule has 0 aromatic carbocycles. The summed E-state index contributed by atoms with van der Waals surface area (Å²) in [7, 11) is 0. The van der Waals surface area contributed by atoms with Crippen LogP contribution in [0.25, 0.3) is 0 Å². The van der Waals surface area contributed by atoms with Crippen molar-refractivity contribution in [3.63, 3.8) is 0 Å². The Bertz CT molecular complexity index is 1720. The lowest BCUT2D eigenvalue weighted by atomic mass is 9.66. The fraction of sp³-hybridized carbons (Fsp3) is 1.00. The second-order valence-corrected chi connectivity index (χ2v) is 40.8. The molecular formula is C84H156O6. The Labute approximate surface area is 561 Å². The molecule has 6 saturated carbocycles. The molecule has 528 valence electrons. The molecule has 6 heterocycles. The smallest absolute Gasteiger partial charge is 0.0632 e. The average molecular weight is 1260 g/mol. The summed E-state index contributed by atoms with van der Waals surface area (Å²) in [5.74, 6) is 11.1. The van der Waals surface area contributed by atoms with Crippen molar-refractivity contribution < 1.29 is 28.4 Å². The monoisotopic (exact) mass is 1260 g/mol. The van der Waals surface area contributed by atoms with E-state index in [1.54, 1.807) is 0 Å². The van der Waals surface area contributed by atoms with Crippen LogP contribution >= 0.6 is 0 Å². The largest absolute Gasteiger partial charge is 0.375 e. The third-order valence-electron chi connectivity index (χ3n) is 27.6. The topological polar surface area (TPSA) is 55.4 Å². The highest BCUT2D eigenvalue weighted by Crippen LogP contribution is 2.57. The van der Waals surface area contributed by atoms with Crippen LogP contribution in [0.4, 0.5) is 0 Å². The van der Waals surface area contributed by atoms with Crippen molar-refractivity contribution in [3.8, 4) is 0 Å². The summed E-state index contributed by atoms with van der Waals surface area (Å²) in [4.78, 5) is 0. The zero-order valence-corrected chi connectivity index (χ0v) is 64.8. The maximum absolute atomic E-state index is 5.93. The molecule has 12 aliphatic rings. The van der Waals surface area contributed by atoms with E-state index in [0.29, 0.717) is 32.5 Å². The predicted molar refractivity (Wildman–Crippen MR) is 383 cm³/mol. The van der Waals surface area contributed by atoms with Gasteiger partial charge in [-0.3, -0.25) is 0 Å². The maximum atomic E-state index is 5.93. The molecule has 12 fully saturated rings. The van der Waals surface area contributed by atoms with Crippen LogP contribution in [0.1, 0.15) is 359 Å². The number of hydrogen-bond acceptors (Lipinski definition) is 6. The van der Waals surface area contributed by atoms with Gasteiger partial charge in [0.25, 0.3) is 0 Å². The standard InChI is InChI=1S/6C14H26O/c6*1-11(2)12-5-7-14(8-6-12)9-13(3,4)15-10-14/h6*11-12H,5-10H2,1-4H3. The molecular weight excluding hydrogens is 1100 g/mol. The summed E-state index contributed by atoms with van der Waals surface area (Å²) in [5.41, 5.74) is 4.16. The molecule has 0 bridgehead atoms. The van der Waals surface area contributed by atoms with Crippen LogP contribution in [0.5, 0.6) is 0 Å². The van der Waals surface area contributed by atoms with Gasteiger partial charge in [0.2, 0.25) is 0 Å². The maximum Gasteiger partial charge on any atom is 0.0632 e. The van der Waals surface area contributed by atoms with Crippen molar-refractivity contribution in [1.29, 1.82) is 0 Å². The molecule has 12 rings (SSSR count). The Morgan fingerprint density at radius 1 is 0.189 bits per heavy atom. The van der Waals surface area contributed by atoms with Crippen molar-refractivity contribution in [2.75, 3.05) is 39.6 Å². The molecule has 0 amide bonds. The number of rotatable bonds is 6. The molecule has 0 aromatic rings. The minimum Gasteiger partial charge on any atom is -0.375 e. The summed E-state index contributed by atoms with van der Waals surface area (Å²) >= 11 is 0. The highest BCUT2D eigenvalue weighted by Gasteiger charge is 2.52. The van der Waals surface area contributed by atoms with Crippen LogP contribution in [0.3, 0.4) is 0 Å². The Morgan fingerprint density at radius 3 is 0.356 bits per heavy atom. The minimum absolute atomic E-state index is 0.144. The summed E-state index contributed by atoms with van der Waals surface area (Å²) in [5, 5.41) is 0. The van der Waals surface area contributed by atoms with Crippen LogP contribution in [0.2, 0.25) is 0 Å². The average Bonchev–Trinajstić information content (AvgIpc) is 1.70. The lowest BCUT2D eigenvalue weighted by molar-refractivity contribution is 0.0258. The van der Waals surface area contributed by atoms with Crippen LogP contribution in [-0.2, 0) is 28.4 Å². The summed E-state index contributed by atoms with van der Waals surface area (Å²) in [6.07, 6.45) is 41.7. The summed E-state index contributed by atoms with van der Waals surface area (Å²) in [6, 6.07) is 0. The zero-order valence-electron chi connectivity index (χ0n) is 64.8. The highest BCUT2D eigenvalue weighted by molar-refractivity contribution is 5.01. The van der Waals surface area contributed by atoms with Gasteiger partial charge >= 0.3 is 0 Å². The molecule has 0 radical (unpaired) electrons. The van der Waals surface area contributed by atoms with E-state index in [-0.39, 0.29) is 33.6 Å². The first-order chi connectivity index (χ1) is 41.6. The molecule has 6 heteroatoms. The van der Waals surface area contributed by atoms with Crippen molar-refractivity contribution in [2.45, 2.75) is 392 Å². The zero-order chi connectivity index (χ0) is 66.6. The molecule has 0 aromatic heterocycles. The van der Waals surface area contributed by atoms with Gasteiger partial charge in [-0.25, -0.2) is 0 Å². The third-order valence-corrected chi connectivity index (χ3v) is 27.6. The summed E-state index contributed by atoms with van der Waals surface area (Å²) < 4.78 is 35.6. The van der Waals surface area contributed by atoms with Crippen LogP contribution < -0.4 is 0 Å². The van der Waals surface area contributed by atoms with Gasteiger partial charge in [-0.2, -0.15) is 0 Å². The molecule has 6 saturated heterocycles. The van der Waals surface area contributed by atoms with Crippen LogP contribution in [0.15, 0.2) is 0 Å². The lowest BCUT2D eigenvalue weighted by Crippen LogP contribution is -2.30. The Balaban J connectivity index is 0.000000154. The van der Waals surface area contributed by atoms with E-state index in [0.717, 1.165) is 111 Å². The van der Waals surface area contributed by atoms with Gasteiger partial charge in [-0.15, -0.1) is 0 Å². The van der Waals surface area contributed by atoms with Gasteiger partial charge in [0.15, 0.2) is 0 Å². The summed E-state index contributed by atoms with van der Waals surface area (Å²) in [6.45, 7) is 61.5. The molecule has 6 nitrogen and oxygen atoms in total.